The molecule has 0 unspecified atom stereocenters. The standard InChI is InChI=1S/C11H20O2/c1-8-7-9(2)13-11(6,12-8)10(3,4)5/h7-8H,1-6H3/t8-,11+/m1/s1. The summed E-state index contributed by atoms with van der Waals surface area (Å²) >= 11 is 0. The molecule has 0 bridgehead atoms. The van der Waals surface area contributed by atoms with Crippen molar-refractivity contribution < 1.29 is 9.47 Å². The minimum absolute atomic E-state index is 0.0171. The van der Waals surface area contributed by atoms with Gasteiger partial charge in [-0.05, 0) is 19.9 Å². The zero-order valence-corrected chi connectivity index (χ0v) is 9.47. The molecule has 0 aromatic heterocycles. The smallest absolute Gasteiger partial charge is 0.212 e. The lowest BCUT2D eigenvalue weighted by molar-refractivity contribution is -0.281. The maximum atomic E-state index is 5.81. The van der Waals surface area contributed by atoms with E-state index in [4.69, 9.17) is 9.47 Å². The van der Waals surface area contributed by atoms with E-state index in [0.717, 1.165) is 5.76 Å². The predicted molar refractivity (Wildman–Crippen MR) is 53.2 cm³/mol. The molecule has 0 aromatic rings. The summed E-state index contributed by atoms with van der Waals surface area (Å²) in [5, 5.41) is 0. The van der Waals surface area contributed by atoms with Crippen molar-refractivity contribution in [2.75, 3.05) is 0 Å². The average molecular weight is 184 g/mol. The highest BCUT2D eigenvalue weighted by molar-refractivity contribution is 5.01. The third-order valence-electron chi connectivity index (χ3n) is 2.60. The Bertz CT molecular complexity index is 225. The first kappa shape index (κ1) is 10.6. The fraction of sp³-hybridized carbons (Fsp3) is 0.818. The van der Waals surface area contributed by atoms with Crippen LogP contribution in [0.1, 0.15) is 41.5 Å². The Morgan fingerprint density at radius 3 is 2.31 bits per heavy atom. The molecular formula is C11H20O2. The first-order valence-electron chi connectivity index (χ1n) is 4.80. The molecule has 1 aliphatic rings. The van der Waals surface area contributed by atoms with Gasteiger partial charge in [0.25, 0.3) is 0 Å². The van der Waals surface area contributed by atoms with Crippen LogP contribution in [0, 0.1) is 5.41 Å². The van der Waals surface area contributed by atoms with E-state index in [2.05, 4.69) is 20.8 Å². The van der Waals surface area contributed by atoms with Crippen molar-refractivity contribution in [3.8, 4) is 0 Å². The first-order chi connectivity index (χ1) is 5.74. The van der Waals surface area contributed by atoms with E-state index in [9.17, 15) is 0 Å². The van der Waals surface area contributed by atoms with Gasteiger partial charge in [0.05, 0.1) is 11.9 Å². The summed E-state index contributed by atoms with van der Waals surface area (Å²) in [6.07, 6.45) is 2.13. The van der Waals surface area contributed by atoms with Crippen molar-refractivity contribution in [3.05, 3.63) is 11.8 Å². The molecule has 1 rings (SSSR count). The normalized spacial score (nSPS) is 35.2. The third kappa shape index (κ3) is 2.05. The average Bonchev–Trinajstić information content (AvgIpc) is 1.79. The summed E-state index contributed by atoms with van der Waals surface area (Å²) in [6.45, 7) is 12.4. The van der Waals surface area contributed by atoms with Gasteiger partial charge in [-0.25, -0.2) is 0 Å². The van der Waals surface area contributed by atoms with Gasteiger partial charge in [0.15, 0.2) is 0 Å². The highest BCUT2D eigenvalue weighted by atomic mass is 16.7. The van der Waals surface area contributed by atoms with Crippen LogP contribution in [0.25, 0.3) is 0 Å². The monoisotopic (exact) mass is 184 g/mol. The highest BCUT2D eigenvalue weighted by Crippen LogP contribution is 2.39. The maximum absolute atomic E-state index is 5.81. The van der Waals surface area contributed by atoms with E-state index >= 15 is 0 Å². The molecule has 0 amide bonds. The zero-order chi connectivity index (χ0) is 10.3. The van der Waals surface area contributed by atoms with E-state index in [1.807, 2.05) is 26.8 Å². The largest absolute Gasteiger partial charge is 0.467 e. The Labute approximate surface area is 80.9 Å². The number of hydrogen-bond acceptors (Lipinski definition) is 2. The van der Waals surface area contributed by atoms with Gasteiger partial charge >= 0.3 is 0 Å². The highest BCUT2D eigenvalue weighted by Gasteiger charge is 2.43. The Balaban J connectivity index is 2.90. The van der Waals surface area contributed by atoms with Crippen molar-refractivity contribution in [2.24, 2.45) is 5.41 Å². The molecule has 2 heteroatoms. The van der Waals surface area contributed by atoms with Gasteiger partial charge in [-0.3, -0.25) is 0 Å². The fourth-order valence-corrected chi connectivity index (χ4v) is 1.41. The van der Waals surface area contributed by atoms with Gasteiger partial charge in [0.1, 0.15) is 0 Å². The van der Waals surface area contributed by atoms with Gasteiger partial charge in [0.2, 0.25) is 5.79 Å². The van der Waals surface area contributed by atoms with Crippen LogP contribution in [0.5, 0.6) is 0 Å². The molecule has 0 saturated heterocycles. The number of ether oxygens (including phenoxy) is 2. The van der Waals surface area contributed by atoms with Gasteiger partial charge in [-0.15, -0.1) is 0 Å². The van der Waals surface area contributed by atoms with E-state index in [-0.39, 0.29) is 11.5 Å². The Hall–Kier alpha value is -0.500. The molecule has 1 aliphatic heterocycles. The van der Waals surface area contributed by atoms with Crippen LogP contribution in [0.2, 0.25) is 0 Å². The summed E-state index contributed by atoms with van der Waals surface area (Å²) in [7, 11) is 0. The zero-order valence-electron chi connectivity index (χ0n) is 9.47. The Morgan fingerprint density at radius 1 is 1.38 bits per heavy atom. The van der Waals surface area contributed by atoms with E-state index in [1.54, 1.807) is 0 Å². The molecule has 0 fully saturated rings. The van der Waals surface area contributed by atoms with Crippen molar-refractivity contribution in [1.82, 2.24) is 0 Å². The molecule has 2 atom stereocenters. The van der Waals surface area contributed by atoms with Gasteiger partial charge < -0.3 is 9.47 Å². The Morgan fingerprint density at radius 2 is 1.92 bits per heavy atom. The van der Waals surface area contributed by atoms with Crippen LogP contribution in [-0.2, 0) is 9.47 Å². The number of allylic oxidation sites excluding steroid dienone is 1. The second kappa shape index (κ2) is 3.02. The van der Waals surface area contributed by atoms with Crippen LogP contribution in [0.15, 0.2) is 11.8 Å². The molecule has 2 nitrogen and oxygen atoms in total. The second-order valence-electron chi connectivity index (χ2n) is 4.90. The molecule has 1 heterocycles. The maximum Gasteiger partial charge on any atom is 0.212 e. The topological polar surface area (TPSA) is 18.5 Å². The molecule has 0 N–H and O–H groups in total. The summed E-state index contributed by atoms with van der Waals surface area (Å²) in [4.78, 5) is 0. The van der Waals surface area contributed by atoms with Crippen LogP contribution in [0.3, 0.4) is 0 Å². The SMILES string of the molecule is CC1=C[C@@H](C)O[C@](C)(C(C)(C)C)O1. The van der Waals surface area contributed by atoms with Crippen LogP contribution in [-0.4, -0.2) is 11.9 Å². The lowest BCUT2D eigenvalue weighted by Gasteiger charge is -2.45. The van der Waals surface area contributed by atoms with Crippen LogP contribution >= 0.6 is 0 Å². The molecule has 13 heavy (non-hydrogen) atoms. The summed E-state index contributed by atoms with van der Waals surface area (Å²) in [6, 6.07) is 0. The molecule has 0 radical (unpaired) electrons. The van der Waals surface area contributed by atoms with Crippen molar-refractivity contribution in [2.45, 2.75) is 53.4 Å². The molecule has 0 aliphatic carbocycles. The fourth-order valence-electron chi connectivity index (χ4n) is 1.41. The summed E-state index contributed by atoms with van der Waals surface area (Å²) < 4.78 is 11.6. The second-order valence-corrected chi connectivity index (χ2v) is 4.90. The lowest BCUT2D eigenvalue weighted by atomic mass is 9.86. The van der Waals surface area contributed by atoms with Crippen LogP contribution < -0.4 is 0 Å². The summed E-state index contributed by atoms with van der Waals surface area (Å²) in [5.41, 5.74) is -0.0171. The number of hydrogen-bond donors (Lipinski definition) is 0. The van der Waals surface area contributed by atoms with Crippen molar-refractivity contribution >= 4 is 0 Å². The van der Waals surface area contributed by atoms with Crippen molar-refractivity contribution in [1.29, 1.82) is 0 Å². The van der Waals surface area contributed by atoms with E-state index < -0.39 is 5.79 Å². The van der Waals surface area contributed by atoms with Crippen LogP contribution in [0.4, 0.5) is 0 Å². The molecule has 0 saturated carbocycles. The molecule has 76 valence electrons. The molecular weight excluding hydrogens is 164 g/mol. The van der Waals surface area contributed by atoms with Gasteiger partial charge in [-0.2, -0.15) is 0 Å². The van der Waals surface area contributed by atoms with E-state index in [1.165, 1.54) is 0 Å². The summed E-state index contributed by atoms with van der Waals surface area (Å²) in [5.74, 6) is 0.446. The predicted octanol–water partition coefficient (Wildman–Crippen LogP) is 3.09. The first-order valence-corrected chi connectivity index (χ1v) is 4.80. The third-order valence-corrected chi connectivity index (χ3v) is 2.60. The number of rotatable bonds is 0. The quantitative estimate of drug-likeness (QED) is 0.576. The minimum Gasteiger partial charge on any atom is -0.467 e. The van der Waals surface area contributed by atoms with Gasteiger partial charge in [-0.1, -0.05) is 20.8 Å². The van der Waals surface area contributed by atoms with E-state index in [0.29, 0.717) is 0 Å². The lowest BCUT2D eigenvalue weighted by Crippen LogP contribution is -2.48. The molecule has 0 spiro atoms. The molecule has 0 aromatic carbocycles. The minimum atomic E-state index is -0.509. The van der Waals surface area contributed by atoms with Gasteiger partial charge in [0, 0.05) is 12.3 Å². The Kier molecular flexibility index (Phi) is 2.46. The van der Waals surface area contributed by atoms with Crippen molar-refractivity contribution in [3.63, 3.8) is 0 Å².